The SMILES string of the molecule is CC(C)(C)NC(=S)N1CCN(c2ccnc(OC3CCC(Nc4ccc([N+](=O)[O-])c(C(F)(F)F)c4)CC3)c2)CC1. The highest BCUT2D eigenvalue weighted by Crippen LogP contribution is 2.38. The van der Waals surface area contributed by atoms with Gasteiger partial charge in [0.2, 0.25) is 5.88 Å². The Kier molecular flexibility index (Phi) is 8.91. The van der Waals surface area contributed by atoms with Crippen molar-refractivity contribution in [2.24, 2.45) is 0 Å². The molecule has 4 rings (SSSR count). The van der Waals surface area contributed by atoms with Crippen molar-refractivity contribution in [1.82, 2.24) is 15.2 Å². The van der Waals surface area contributed by atoms with Crippen LogP contribution in [0.1, 0.15) is 52.0 Å². The number of nitrogens with zero attached hydrogens (tertiary/aromatic N) is 4. The molecule has 0 bridgehead atoms. The van der Waals surface area contributed by atoms with E-state index in [1.165, 1.54) is 6.07 Å². The quantitative estimate of drug-likeness (QED) is 0.257. The molecule has 9 nitrogen and oxygen atoms in total. The number of nitro benzene ring substituents is 1. The summed E-state index contributed by atoms with van der Waals surface area (Å²) in [7, 11) is 0. The van der Waals surface area contributed by atoms with E-state index in [2.05, 4.69) is 46.2 Å². The third-order valence-corrected chi connectivity index (χ3v) is 7.32. The van der Waals surface area contributed by atoms with Crippen LogP contribution in [0.15, 0.2) is 36.5 Å². The fourth-order valence-electron chi connectivity index (χ4n) is 4.97. The second-order valence-corrected chi connectivity index (χ2v) is 11.6. The third-order valence-electron chi connectivity index (χ3n) is 6.96. The van der Waals surface area contributed by atoms with Crippen molar-refractivity contribution < 1.29 is 22.8 Å². The second kappa shape index (κ2) is 12.0. The Hall–Kier alpha value is -3.35. The number of halogens is 3. The van der Waals surface area contributed by atoms with Crippen LogP contribution in [0.4, 0.5) is 30.2 Å². The molecule has 13 heteroatoms. The Morgan fingerprint density at radius 2 is 1.75 bits per heavy atom. The average Bonchev–Trinajstić information content (AvgIpc) is 2.88. The van der Waals surface area contributed by atoms with E-state index in [-0.39, 0.29) is 23.4 Å². The van der Waals surface area contributed by atoms with E-state index in [9.17, 15) is 23.3 Å². The first-order valence-electron chi connectivity index (χ1n) is 13.4. The highest BCUT2D eigenvalue weighted by molar-refractivity contribution is 7.80. The maximum Gasteiger partial charge on any atom is 0.423 e. The van der Waals surface area contributed by atoms with E-state index in [0.29, 0.717) is 31.6 Å². The first-order valence-corrected chi connectivity index (χ1v) is 13.8. The predicted molar refractivity (Wildman–Crippen MR) is 152 cm³/mol. The molecule has 2 heterocycles. The number of piperazine rings is 1. The molecule has 1 aromatic heterocycles. The van der Waals surface area contributed by atoms with Crippen LogP contribution in [-0.2, 0) is 6.18 Å². The van der Waals surface area contributed by atoms with Gasteiger partial charge in [0.05, 0.1) is 4.92 Å². The maximum absolute atomic E-state index is 13.3. The van der Waals surface area contributed by atoms with Gasteiger partial charge in [-0.05, 0) is 76.9 Å². The van der Waals surface area contributed by atoms with Gasteiger partial charge < -0.3 is 25.2 Å². The van der Waals surface area contributed by atoms with Crippen LogP contribution >= 0.6 is 12.2 Å². The molecule has 1 saturated heterocycles. The van der Waals surface area contributed by atoms with Crippen LogP contribution < -0.4 is 20.3 Å². The van der Waals surface area contributed by atoms with E-state index >= 15 is 0 Å². The van der Waals surface area contributed by atoms with Gasteiger partial charge in [-0.2, -0.15) is 13.2 Å². The number of hydrogen-bond donors (Lipinski definition) is 2. The number of ether oxygens (including phenoxy) is 1. The molecule has 2 N–H and O–H groups in total. The molecule has 1 aliphatic carbocycles. The lowest BCUT2D eigenvalue weighted by Crippen LogP contribution is -2.55. The van der Waals surface area contributed by atoms with Crippen molar-refractivity contribution in [2.75, 3.05) is 36.4 Å². The van der Waals surface area contributed by atoms with Gasteiger partial charge in [-0.3, -0.25) is 10.1 Å². The minimum atomic E-state index is -4.81. The van der Waals surface area contributed by atoms with Crippen LogP contribution in [0.3, 0.4) is 0 Å². The zero-order valence-corrected chi connectivity index (χ0v) is 23.6. The van der Waals surface area contributed by atoms with E-state index in [1.54, 1.807) is 6.20 Å². The number of thiocarbonyl (C=S) groups is 1. The molecule has 1 aromatic carbocycles. The molecular weight excluding hydrogens is 545 g/mol. The smallest absolute Gasteiger partial charge is 0.423 e. The maximum atomic E-state index is 13.3. The van der Waals surface area contributed by atoms with Crippen molar-refractivity contribution >= 4 is 34.4 Å². The zero-order chi connectivity index (χ0) is 29.1. The normalized spacial score (nSPS) is 20.1. The number of alkyl halides is 3. The largest absolute Gasteiger partial charge is 0.474 e. The first kappa shape index (κ1) is 29.6. The monoisotopic (exact) mass is 580 g/mol. The van der Waals surface area contributed by atoms with Crippen molar-refractivity contribution in [3.05, 3.63) is 52.2 Å². The van der Waals surface area contributed by atoms with Crippen molar-refractivity contribution in [3.8, 4) is 5.88 Å². The lowest BCUT2D eigenvalue weighted by atomic mass is 9.92. The lowest BCUT2D eigenvalue weighted by Gasteiger charge is -2.39. The lowest BCUT2D eigenvalue weighted by molar-refractivity contribution is -0.388. The number of pyridine rings is 1. The summed E-state index contributed by atoms with van der Waals surface area (Å²) in [5.74, 6) is 0.548. The molecule has 0 atom stereocenters. The van der Waals surface area contributed by atoms with Crippen LogP contribution in [0.5, 0.6) is 5.88 Å². The van der Waals surface area contributed by atoms with E-state index in [4.69, 9.17) is 17.0 Å². The fraction of sp³-hybridized carbons (Fsp3) is 0.556. The zero-order valence-electron chi connectivity index (χ0n) is 22.8. The summed E-state index contributed by atoms with van der Waals surface area (Å²) in [5.41, 5.74) is -1.04. The van der Waals surface area contributed by atoms with Crippen molar-refractivity contribution in [1.29, 1.82) is 0 Å². The van der Waals surface area contributed by atoms with Gasteiger partial charge in [-0.25, -0.2) is 4.98 Å². The van der Waals surface area contributed by atoms with Crippen LogP contribution in [0, 0.1) is 10.1 Å². The van der Waals surface area contributed by atoms with Gasteiger partial charge >= 0.3 is 6.18 Å². The summed E-state index contributed by atoms with van der Waals surface area (Å²) in [5, 5.41) is 18.2. The molecule has 2 fully saturated rings. The molecule has 0 amide bonds. The Bertz CT molecular complexity index is 1210. The predicted octanol–water partition coefficient (Wildman–Crippen LogP) is 5.61. The van der Waals surface area contributed by atoms with Gasteiger partial charge in [-0.15, -0.1) is 0 Å². The number of nitrogens with one attached hydrogen (secondary N) is 2. The molecule has 2 aliphatic rings. The first-order chi connectivity index (χ1) is 18.8. The molecule has 40 heavy (non-hydrogen) atoms. The Morgan fingerprint density at radius 1 is 1.07 bits per heavy atom. The molecule has 218 valence electrons. The summed E-state index contributed by atoms with van der Waals surface area (Å²) >= 11 is 5.56. The number of benzene rings is 1. The van der Waals surface area contributed by atoms with E-state index in [0.717, 1.165) is 49.1 Å². The highest BCUT2D eigenvalue weighted by Gasteiger charge is 2.38. The summed E-state index contributed by atoms with van der Waals surface area (Å²) in [6.45, 7) is 9.54. The molecule has 2 aromatic rings. The number of rotatable bonds is 6. The number of hydrogen-bond acceptors (Lipinski definition) is 7. The van der Waals surface area contributed by atoms with Crippen LogP contribution in [-0.4, -0.2) is 63.8 Å². The topological polar surface area (TPSA) is 95.8 Å². The van der Waals surface area contributed by atoms with Gasteiger partial charge in [-0.1, -0.05) is 0 Å². The molecule has 0 unspecified atom stereocenters. The van der Waals surface area contributed by atoms with Gasteiger partial charge in [0.25, 0.3) is 5.69 Å². The van der Waals surface area contributed by atoms with E-state index in [1.807, 2.05) is 12.1 Å². The molecular formula is C27H35F3N6O3S. The molecule has 1 saturated carbocycles. The average molecular weight is 581 g/mol. The summed E-state index contributed by atoms with van der Waals surface area (Å²) in [4.78, 5) is 18.8. The Morgan fingerprint density at radius 3 is 2.35 bits per heavy atom. The Labute approximate surface area is 237 Å². The van der Waals surface area contributed by atoms with Crippen molar-refractivity contribution in [3.63, 3.8) is 0 Å². The highest BCUT2D eigenvalue weighted by atomic mass is 32.1. The molecule has 0 spiro atoms. The summed E-state index contributed by atoms with van der Waals surface area (Å²) in [6, 6.07) is 6.88. The standard InChI is InChI=1S/C27H35F3N6O3S/c1-26(2,3)33-25(40)35-14-12-34(13-15-35)20-10-11-31-24(17-20)39-21-7-4-18(5-8-21)32-19-6-9-23(36(37)38)22(16-19)27(28,29)30/h6,9-11,16-18,21,32H,4-5,7-8,12-15H2,1-3H3,(H,33,40). The fourth-order valence-corrected chi connectivity index (χ4v) is 5.46. The van der Waals surface area contributed by atoms with Gasteiger partial charge in [0.15, 0.2) is 5.11 Å². The summed E-state index contributed by atoms with van der Waals surface area (Å²) in [6.07, 6.45) is -0.333. The molecule has 0 radical (unpaired) electrons. The van der Waals surface area contributed by atoms with Crippen LogP contribution in [0.2, 0.25) is 0 Å². The number of anilines is 2. The van der Waals surface area contributed by atoms with Gasteiger partial charge in [0.1, 0.15) is 11.7 Å². The number of nitro groups is 1. The number of aromatic nitrogens is 1. The second-order valence-electron chi connectivity index (χ2n) is 11.2. The van der Waals surface area contributed by atoms with Crippen molar-refractivity contribution in [2.45, 2.75) is 70.3 Å². The van der Waals surface area contributed by atoms with Crippen LogP contribution in [0.25, 0.3) is 0 Å². The molecule has 1 aliphatic heterocycles. The van der Waals surface area contributed by atoms with E-state index < -0.39 is 22.4 Å². The minimum Gasteiger partial charge on any atom is -0.474 e. The third kappa shape index (κ3) is 7.86. The minimum absolute atomic E-state index is 0.0545. The Balaban J connectivity index is 1.28. The summed E-state index contributed by atoms with van der Waals surface area (Å²) < 4.78 is 46.1. The van der Waals surface area contributed by atoms with Gasteiger partial charge in [0, 0.05) is 67.5 Å².